The van der Waals surface area contributed by atoms with E-state index in [-0.39, 0.29) is 53.6 Å². The van der Waals surface area contributed by atoms with Gasteiger partial charge in [-0.3, -0.25) is 28.5 Å². The fraction of sp³-hybridized carbons (Fsp3) is 0.635. The van der Waals surface area contributed by atoms with Crippen LogP contribution in [-0.4, -0.2) is 128 Å². The lowest BCUT2D eigenvalue weighted by Crippen LogP contribution is -2.49. The third-order valence-electron chi connectivity index (χ3n) is 19.1. The zero-order chi connectivity index (χ0) is 56.1. The normalized spacial score (nSPS) is 23.9. The number of ether oxygens (including phenoxy) is 3. The highest BCUT2D eigenvalue weighted by atomic mass is 28.3. The molecule has 3 atom stereocenters. The van der Waals surface area contributed by atoms with Crippen molar-refractivity contribution in [3.63, 3.8) is 0 Å². The molecule has 1 aliphatic carbocycles. The van der Waals surface area contributed by atoms with E-state index in [1.54, 1.807) is 11.7 Å². The maximum absolute atomic E-state index is 14.5. The van der Waals surface area contributed by atoms with E-state index in [0.29, 0.717) is 45.2 Å². The number of carbonyl (C=O) groups is 2. The second-order valence-corrected chi connectivity index (χ2v) is 32.6. The summed E-state index contributed by atoms with van der Waals surface area (Å²) in [6.07, 6.45) is 8.40. The molecule has 16 heteroatoms. The first-order valence-corrected chi connectivity index (χ1v) is 33.2. The van der Waals surface area contributed by atoms with Crippen LogP contribution in [0.1, 0.15) is 127 Å². The van der Waals surface area contributed by atoms with Crippen LogP contribution in [0.15, 0.2) is 71.5 Å². The van der Waals surface area contributed by atoms with Crippen LogP contribution in [0.3, 0.4) is 0 Å². The van der Waals surface area contributed by atoms with Crippen LogP contribution in [-0.2, 0) is 44.0 Å². The van der Waals surface area contributed by atoms with Crippen LogP contribution >= 0.6 is 0 Å². The monoisotopic (exact) mass is 1110 g/mol. The van der Waals surface area contributed by atoms with Crippen LogP contribution < -0.4 is 15.3 Å². The fourth-order valence-corrected chi connectivity index (χ4v) is 15.0. The third kappa shape index (κ3) is 12.4. The van der Waals surface area contributed by atoms with Gasteiger partial charge in [0, 0.05) is 72.4 Å². The number of benzene rings is 3. The highest BCUT2D eigenvalue weighted by Gasteiger charge is 2.49. The van der Waals surface area contributed by atoms with E-state index in [0.717, 1.165) is 131 Å². The number of likely N-dealkylation sites (tertiary alicyclic amines) is 2. The molecule has 0 radical (unpaired) electrons. The van der Waals surface area contributed by atoms with Gasteiger partial charge in [0.25, 0.3) is 5.91 Å². The van der Waals surface area contributed by atoms with Crippen molar-refractivity contribution in [1.82, 2.24) is 23.8 Å². The number of carbonyl (C=O) groups excluding carboxylic acids is 2. The van der Waals surface area contributed by atoms with E-state index >= 15 is 0 Å². The molecule has 6 aliphatic rings. The van der Waals surface area contributed by atoms with Crippen LogP contribution in [0.25, 0.3) is 16.6 Å². The van der Waals surface area contributed by atoms with Gasteiger partial charge in [-0.05, 0) is 181 Å². The maximum Gasteiger partial charge on any atom is 0.395 e. The molecule has 79 heavy (non-hydrogen) atoms. The van der Waals surface area contributed by atoms with E-state index in [4.69, 9.17) is 14.2 Å². The Morgan fingerprint density at radius 2 is 1.61 bits per heavy atom. The van der Waals surface area contributed by atoms with Gasteiger partial charge in [-0.2, -0.15) is 13.2 Å². The van der Waals surface area contributed by atoms with Crippen molar-refractivity contribution in [2.75, 3.05) is 77.8 Å². The predicted octanol–water partition coefficient (Wildman–Crippen LogP) is 11.9. The number of hydrogen-bond acceptors (Lipinski definition) is 9. The van der Waals surface area contributed by atoms with Crippen molar-refractivity contribution < 1.29 is 37.0 Å². The summed E-state index contributed by atoms with van der Waals surface area (Å²) in [7, 11) is 0.310. The SMILES string of the molecule is COc1ccc([C@]2(CCN(Cc3ccc(C4=CC[C@H](CN5CCC6(CCc7ccc8c9c7N(CCn9c(=O)n8C7CCC(=O)N(COCC[Si](C)(C)C)C7=O)C6)CC5)CC4)cc3)CC(C)(C)C(F)(F)F)CCOC(C)(C)C2)cc1. The Morgan fingerprint density at radius 1 is 0.861 bits per heavy atom. The number of aromatic nitrogens is 2. The van der Waals surface area contributed by atoms with Gasteiger partial charge in [0.2, 0.25) is 5.91 Å². The quantitative estimate of drug-likeness (QED) is 0.0548. The molecule has 1 spiro atoms. The van der Waals surface area contributed by atoms with E-state index in [1.807, 2.05) is 27.7 Å². The highest BCUT2D eigenvalue weighted by molar-refractivity contribution is 6.76. The molecule has 0 bridgehead atoms. The highest BCUT2D eigenvalue weighted by Crippen LogP contribution is 2.48. The third-order valence-corrected chi connectivity index (χ3v) is 20.8. The zero-order valence-corrected chi connectivity index (χ0v) is 49.4. The number of imidazole rings is 1. The van der Waals surface area contributed by atoms with Gasteiger partial charge < -0.3 is 24.0 Å². The number of aryl methyl sites for hydroxylation is 1. The number of allylic oxidation sites excluding steroid dienone is 2. The molecule has 5 aliphatic heterocycles. The molecule has 4 aromatic rings. The lowest BCUT2D eigenvalue weighted by atomic mass is 9.67. The molecule has 1 unspecified atom stereocenters. The summed E-state index contributed by atoms with van der Waals surface area (Å²) in [5.74, 6) is 0.778. The Labute approximate surface area is 467 Å². The standard InChI is InChI=1S/C63H87F3N6O6Si/c1-59(2,63(64,65)66)42-68(33-29-62(30-36-78-60(3,4)41-62)50-18-20-51(76-5)21-19-50)40-46-11-15-48(16-12-46)47-13-9-45(10-14-47)39-67-31-27-61(28-32-67)26-25-49-17-22-52-56-55(49)69(43-61)34-35-70(56)58(75)72(52)53-23-24-54(73)71(57(53)74)44-77-37-38-79(6,7)8/h11-13,15-22,45,53H,9-10,14,23-44H2,1-8H3/t45-,53?,62+/m0/s1. The summed E-state index contributed by atoms with van der Waals surface area (Å²) < 4.78 is 64.6. The smallest absolute Gasteiger partial charge is 0.395 e. The van der Waals surface area contributed by atoms with Crippen LogP contribution in [0.5, 0.6) is 5.75 Å². The van der Waals surface area contributed by atoms with Crippen LogP contribution in [0, 0.1) is 16.7 Å². The lowest BCUT2D eigenvalue weighted by molar-refractivity contribution is -0.217. The summed E-state index contributed by atoms with van der Waals surface area (Å²) >= 11 is 0. The molecular weight excluding hydrogens is 1020 g/mol. The first-order chi connectivity index (χ1) is 37.4. The summed E-state index contributed by atoms with van der Waals surface area (Å²) in [6, 6.07) is 21.2. The average Bonchev–Trinajstić information content (AvgIpc) is 3.65. The van der Waals surface area contributed by atoms with Crippen molar-refractivity contribution in [3.8, 4) is 5.75 Å². The molecule has 12 nitrogen and oxygen atoms in total. The van der Waals surface area contributed by atoms with Gasteiger partial charge in [-0.25, -0.2) is 4.79 Å². The van der Waals surface area contributed by atoms with Gasteiger partial charge >= 0.3 is 11.9 Å². The number of rotatable bonds is 18. The Morgan fingerprint density at radius 3 is 2.28 bits per heavy atom. The van der Waals surface area contributed by atoms with Gasteiger partial charge in [0.05, 0.1) is 34.8 Å². The van der Waals surface area contributed by atoms with Crippen LogP contribution in [0.2, 0.25) is 25.7 Å². The molecule has 6 heterocycles. The minimum atomic E-state index is -4.34. The lowest BCUT2D eigenvalue weighted by Gasteiger charge is -2.46. The Kier molecular flexibility index (Phi) is 16.4. The van der Waals surface area contributed by atoms with Gasteiger partial charge in [0.15, 0.2) is 0 Å². The average molecular weight is 1110 g/mol. The van der Waals surface area contributed by atoms with E-state index < -0.39 is 25.7 Å². The number of amides is 2. The van der Waals surface area contributed by atoms with Gasteiger partial charge in [-0.1, -0.05) is 68.2 Å². The number of halogens is 3. The Bertz CT molecular complexity index is 2930. The maximum atomic E-state index is 14.5. The van der Waals surface area contributed by atoms with Crippen molar-refractivity contribution >= 4 is 42.2 Å². The molecule has 3 saturated heterocycles. The molecule has 430 valence electrons. The number of hydrogen-bond donors (Lipinski definition) is 0. The molecule has 3 aromatic carbocycles. The number of alkyl halides is 3. The van der Waals surface area contributed by atoms with Crippen LogP contribution in [0.4, 0.5) is 18.9 Å². The number of methoxy groups -OCH3 is 1. The zero-order valence-electron chi connectivity index (χ0n) is 48.4. The predicted molar refractivity (Wildman–Crippen MR) is 309 cm³/mol. The van der Waals surface area contributed by atoms with E-state index in [1.165, 1.54) is 41.0 Å². The fourth-order valence-electron chi connectivity index (χ4n) is 14.2. The minimum Gasteiger partial charge on any atom is -0.497 e. The molecule has 10 rings (SSSR count). The number of anilines is 1. The second-order valence-electron chi connectivity index (χ2n) is 27.0. The number of piperidine rings is 2. The van der Waals surface area contributed by atoms with Crippen molar-refractivity contribution in [2.45, 2.75) is 167 Å². The van der Waals surface area contributed by atoms with Gasteiger partial charge in [0.1, 0.15) is 18.5 Å². The Hall–Kier alpha value is -4.74. The van der Waals surface area contributed by atoms with Crippen molar-refractivity contribution in [1.29, 1.82) is 0 Å². The molecule has 3 fully saturated rings. The largest absolute Gasteiger partial charge is 0.497 e. The topological polar surface area (TPSA) is 102 Å². The molecule has 2 amide bonds. The van der Waals surface area contributed by atoms with E-state index in [2.05, 4.69) is 91.8 Å². The molecule has 0 N–H and O–H groups in total. The second kappa shape index (κ2) is 22.5. The number of nitrogens with zero attached hydrogens (tertiary/aromatic N) is 6. The summed E-state index contributed by atoms with van der Waals surface area (Å²) in [6.45, 7) is 21.1. The van der Waals surface area contributed by atoms with Crippen molar-refractivity contribution in [2.24, 2.45) is 16.7 Å². The summed E-state index contributed by atoms with van der Waals surface area (Å²) in [5, 5.41) is 0. The van der Waals surface area contributed by atoms with E-state index in [9.17, 15) is 27.6 Å². The first kappa shape index (κ1) is 57.5. The van der Waals surface area contributed by atoms with Gasteiger partial charge in [-0.15, -0.1) is 0 Å². The molecule has 1 aromatic heterocycles. The first-order valence-electron chi connectivity index (χ1n) is 29.5. The summed E-state index contributed by atoms with van der Waals surface area (Å²) in [4.78, 5) is 49.8. The molecular formula is C63H87F3N6O6Si. The Balaban J connectivity index is 0.749. The summed E-state index contributed by atoms with van der Waals surface area (Å²) in [5.41, 5.74) is 6.43. The minimum absolute atomic E-state index is 0.0713. The van der Waals surface area contributed by atoms with Crippen molar-refractivity contribution in [3.05, 3.63) is 99.5 Å². The number of imide groups is 1. The molecule has 0 saturated carbocycles.